The summed E-state index contributed by atoms with van der Waals surface area (Å²) in [6, 6.07) is 0. The van der Waals surface area contributed by atoms with Gasteiger partial charge in [-0.2, -0.15) is 0 Å². The summed E-state index contributed by atoms with van der Waals surface area (Å²) in [4.78, 5) is 65.4. The first-order valence-electron chi connectivity index (χ1n) is 10.6. The molecule has 0 N–H and O–H groups in total. The van der Waals surface area contributed by atoms with E-state index in [1.165, 1.54) is 9.13 Å². The van der Waals surface area contributed by atoms with Crippen molar-refractivity contribution < 1.29 is 33.3 Å². The average Bonchev–Trinajstić information content (AvgIpc) is 3.07. The monoisotopic (exact) mass is 500 g/mol. The fraction of sp³-hybridized carbons (Fsp3) is 0.600. The maximum atomic E-state index is 12.9. The minimum absolute atomic E-state index is 0.0434. The van der Waals surface area contributed by atoms with Crippen LogP contribution in [0, 0.1) is 0 Å². The fourth-order valence-corrected chi connectivity index (χ4v) is 4.24. The first-order valence-corrected chi connectivity index (χ1v) is 10.9. The second kappa shape index (κ2) is 9.97. The molecule has 0 bridgehead atoms. The van der Waals surface area contributed by atoms with Crippen molar-refractivity contribution >= 4 is 40.7 Å². The number of esters is 3. The second-order valence-electron chi connectivity index (χ2n) is 7.52. The van der Waals surface area contributed by atoms with Gasteiger partial charge in [0.05, 0.1) is 6.61 Å². The summed E-state index contributed by atoms with van der Waals surface area (Å²) in [6.45, 7) is 6.79. The number of halogens is 1. The minimum Gasteiger partial charge on any atom is -0.456 e. The molecule has 0 spiro atoms. The molecule has 14 heteroatoms. The highest BCUT2D eigenvalue weighted by Gasteiger charge is 2.49. The molecule has 34 heavy (non-hydrogen) atoms. The maximum Gasteiger partial charge on any atom is 0.332 e. The van der Waals surface area contributed by atoms with Crippen molar-refractivity contribution in [2.24, 2.45) is 0 Å². The zero-order valence-electron chi connectivity index (χ0n) is 19.3. The van der Waals surface area contributed by atoms with Gasteiger partial charge in [-0.1, -0.05) is 0 Å². The van der Waals surface area contributed by atoms with Gasteiger partial charge < -0.3 is 18.9 Å². The number of aryl methyl sites for hydroxylation is 1. The normalized spacial score (nSPS) is 22.4. The second-order valence-corrected chi connectivity index (χ2v) is 7.86. The number of carbonyl (C=O) groups is 3. The number of ether oxygens (including phenoxy) is 4. The summed E-state index contributed by atoms with van der Waals surface area (Å²) < 4.78 is 25.4. The molecule has 2 aromatic heterocycles. The third-order valence-corrected chi connectivity index (χ3v) is 5.49. The Labute approximate surface area is 198 Å². The molecule has 0 saturated carbocycles. The predicted molar refractivity (Wildman–Crippen MR) is 116 cm³/mol. The lowest BCUT2D eigenvalue weighted by atomic mass is 10.0. The summed E-state index contributed by atoms with van der Waals surface area (Å²) in [5.41, 5.74) is -1.29. The van der Waals surface area contributed by atoms with Gasteiger partial charge in [0.15, 0.2) is 35.7 Å². The van der Waals surface area contributed by atoms with Gasteiger partial charge in [0.2, 0.25) is 5.28 Å². The summed E-state index contributed by atoms with van der Waals surface area (Å²) in [5, 5.41) is -0.225. The van der Waals surface area contributed by atoms with Gasteiger partial charge in [0, 0.05) is 33.9 Å². The molecular formula is C20H25ClN4O9. The maximum absolute atomic E-state index is 12.9. The highest BCUT2D eigenvalue weighted by atomic mass is 35.5. The van der Waals surface area contributed by atoms with Gasteiger partial charge in [-0.15, -0.1) is 0 Å². The van der Waals surface area contributed by atoms with E-state index in [1.807, 2.05) is 0 Å². The molecule has 4 atom stereocenters. The van der Waals surface area contributed by atoms with Crippen LogP contribution in [-0.4, -0.2) is 61.5 Å². The van der Waals surface area contributed by atoms with Gasteiger partial charge >= 0.3 is 23.6 Å². The molecule has 3 rings (SSSR count). The lowest BCUT2D eigenvalue weighted by Gasteiger charge is -2.41. The van der Waals surface area contributed by atoms with Crippen molar-refractivity contribution in [2.45, 2.75) is 72.2 Å². The molecule has 1 aliphatic heterocycles. The van der Waals surface area contributed by atoms with Crippen molar-refractivity contribution in [3.05, 3.63) is 26.1 Å². The molecule has 0 amide bonds. The summed E-state index contributed by atoms with van der Waals surface area (Å²) in [7, 11) is 0. The molecule has 0 aromatic carbocycles. The van der Waals surface area contributed by atoms with E-state index in [0.29, 0.717) is 0 Å². The van der Waals surface area contributed by atoms with E-state index in [9.17, 15) is 24.0 Å². The number of carbonyl (C=O) groups excluding carboxylic acids is 3. The van der Waals surface area contributed by atoms with E-state index < -0.39 is 53.7 Å². The molecule has 0 aliphatic carbocycles. The van der Waals surface area contributed by atoms with E-state index in [4.69, 9.17) is 30.5 Å². The quantitative estimate of drug-likeness (QED) is 0.309. The van der Waals surface area contributed by atoms with Crippen LogP contribution in [0.5, 0.6) is 0 Å². The Morgan fingerprint density at radius 2 is 1.53 bits per heavy atom. The van der Waals surface area contributed by atoms with E-state index in [-0.39, 0.29) is 36.1 Å². The molecular weight excluding hydrogens is 476 g/mol. The zero-order chi connectivity index (χ0) is 25.3. The summed E-state index contributed by atoms with van der Waals surface area (Å²) >= 11 is 6.40. The van der Waals surface area contributed by atoms with E-state index >= 15 is 0 Å². The number of nitrogens with zero attached hydrogens (tertiary/aromatic N) is 4. The van der Waals surface area contributed by atoms with E-state index in [1.54, 1.807) is 13.8 Å². The molecule has 13 nitrogen and oxygen atoms in total. The molecule has 1 fully saturated rings. The highest BCUT2D eigenvalue weighted by Crippen LogP contribution is 2.34. The molecule has 2 aromatic rings. The predicted octanol–water partition coefficient (Wildman–Crippen LogP) is 0.377. The highest BCUT2D eigenvalue weighted by molar-refractivity contribution is 6.29. The molecule has 1 aliphatic rings. The van der Waals surface area contributed by atoms with Gasteiger partial charge in [-0.05, 0) is 25.4 Å². The van der Waals surface area contributed by atoms with Crippen LogP contribution in [0.4, 0.5) is 0 Å². The van der Waals surface area contributed by atoms with E-state index in [0.717, 1.165) is 25.3 Å². The van der Waals surface area contributed by atoms with Gasteiger partial charge in [0.25, 0.3) is 5.56 Å². The van der Waals surface area contributed by atoms with Crippen molar-refractivity contribution in [1.82, 2.24) is 18.7 Å². The fourth-order valence-electron chi connectivity index (χ4n) is 3.98. The van der Waals surface area contributed by atoms with E-state index in [2.05, 4.69) is 4.98 Å². The standard InChI is InChI=1S/C20H25ClN4O9/c1-6-23-16-13(17(29)24(7-2)20(23)30)22-19(21)25(16)18-15(34-11(5)28)14(33-10(4)27)12(8-31-18)32-9(3)26/h12,14-15,18H,6-8H2,1-5H3/t12-,14-,15-,18-/m1/s1. The Balaban J connectivity index is 2.27. The third-order valence-electron chi connectivity index (χ3n) is 5.22. The first kappa shape index (κ1) is 25.4. The SMILES string of the molecule is CCn1c(=O)c2nc(Cl)n([C@@H]3OC[C@@H](OC(C)=O)[C@@H](OC(C)=O)[C@H]3OC(C)=O)c2n(CC)c1=O. The summed E-state index contributed by atoms with van der Waals surface area (Å²) in [6.07, 6.45) is -4.99. The van der Waals surface area contributed by atoms with Crippen LogP contribution in [0.1, 0.15) is 40.8 Å². The Kier molecular flexibility index (Phi) is 7.46. The molecule has 3 heterocycles. The van der Waals surface area contributed by atoms with Crippen LogP contribution in [-0.2, 0) is 46.4 Å². The Bertz CT molecular complexity index is 1250. The van der Waals surface area contributed by atoms with Crippen molar-refractivity contribution in [3.8, 4) is 0 Å². The number of hydrogen-bond donors (Lipinski definition) is 0. The van der Waals surface area contributed by atoms with Crippen molar-refractivity contribution in [2.75, 3.05) is 6.61 Å². The van der Waals surface area contributed by atoms with Crippen molar-refractivity contribution in [3.63, 3.8) is 0 Å². The topological polar surface area (TPSA) is 150 Å². The zero-order valence-corrected chi connectivity index (χ0v) is 20.0. The van der Waals surface area contributed by atoms with Crippen LogP contribution >= 0.6 is 11.6 Å². The average molecular weight is 501 g/mol. The van der Waals surface area contributed by atoms with Gasteiger partial charge in [0.1, 0.15) is 0 Å². The minimum atomic E-state index is -1.36. The van der Waals surface area contributed by atoms with Crippen molar-refractivity contribution in [1.29, 1.82) is 0 Å². The number of imidazole rings is 1. The lowest BCUT2D eigenvalue weighted by molar-refractivity contribution is -0.239. The van der Waals surface area contributed by atoms with Crippen LogP contribution in [0.25, 0.3) is 11.2 Å². The Hall–Kier alpha value is -3.19. The van der Waals surface area contributed by atoms with Crippen LogP contribution in [0.15, 0.2) is 9.59 Å². The Morgan fingerprint density at radius 3 is 2.06 bits per heavy atom. The molecule has 0 unspecified atom stereocenters. The Morgan fingerprint density at radius 1 is 0.971 bits per heavy atom. The third kappa shape index (κ3) is 4.57. The van der Waals surface area contributed by atoms with Crippen LogP contribution in [0.3, 0.4) is 0 Å². The van der Waals surface area contributed by atoms with Gasteiger partial charge in [-0.25, -0.2) is 9.78 Å². The summed E-state index contributed by atoms with van der Waals surface area (Å²) in [5.74, 6) is -2.14. The number of aromatic nitrogens is 4. The number of rotatable bonds is 6. The molecule has 186 valence electrons. The van der Waals surface area contributed by atoms with Crippen LogP contribution in [0.2, 0.25) is 5.28 Å². The molecule has 0 radical (unpaired) electrons. The molecule has 1 saturated heterocycles. The lowest BCUT2D eigenvalue weighted by Crippen LogP contribution is -2.55. The smallest absolute Gasteiger partial charge is 0.332 e. The number of hydrogen-bond acceptors (Lipinski definition) is 10. The van der Waals surface area contributed by atoms with Gasteiger partial charge in [-0.3, -0.25) is 32.9 Å². The largest absolute Gasteiger partial charge is 0.456 e. The van der Waals surface area contributed by atoms with Crippen LogP contribution < -0.4 is 11.2 Å². The number of fused-ring (bicyclic) bond motifs is 1. The first-order chi connectivity index (χ1) is 16.0.